The highest BCUT2D eigenvalue weighted by Crippen LogP contribution is 2.13. The van der Waals surface area contributed by atoms with Gasteiger partial charge in [0.2, 0.25) is 0 Å². The normalized spacial score (nSPS) is 11.6. The van der Waals surface area contributed by atoms with E-state index >= 15 is 0 Å². The van der Waals surface area contributed by atoms with E-state index in [4.69, 9.17) is 11.0 Å². The third kappa shape index (κ3) is 4.47. The van der Waals surface area contributed by atoms with Crippen LogP contribution in [-0.2, 0) is 15.3 Å². The molecule has 0 saturated heterocycles. The number of carbonyl (C=O) groups excluding carboxylic acids is 1. The number of ether oxygens (including phenoxy) is 1. The van der Waals surface area contributed by atoms with Gasteiger partial charge in [-0.25, -0.2) is 0 Å². The fourth-order valence-corrected chi connectivity index (χ4v) is 2.13. The molecule has 0 bridgehead atoms. The van der Waals surface area contributed by atoms with Crippen LogP contribution in [0.4, 0.5) is 0 Å². The van der Waals surface area contributed by atoms with Crippen LogP contribution in [0.2, 0.25) is 0 Å². The van der Waals surface area contributed by atoms with Crippen molar-refractivity contribution >= 4 is 17.7 Å². The van der Waals surface area contributed by atoms with Crippen LogP contribution in [0.1, 0.15) is 11.1 Å². The molecule has 1 unspecified atom stereocenters. The second-order valence-electron chi connectivity index (χ2n) is 3.45. The van der Waals surface area contributed by atoms with Gasteiger partial charge in [0.25, 0.3) is 0 Å². The Morgan fingerprint density at radius 2 is 2.18 bits per heavy atom. The van der Waals surface area contributed by atoms with Gasteiger partial charge in [0.1, 0.15) is 6.04 Å². The van der Waals surface area contributed by atoms with E-state index in [0.29, 0.717) is 11.3 Å². The number of hydrogen-bond donors (Lipinski definition) is 1. The first-order chi connectivity index (χ1) is 8.17. The lowest BCUT2D eigenvalue weighted by atomic mass is 10.2. The summed E-state index contributed by atoms with van der Waals surface area (Å²) in [5, 5.41) is 8.64. The van der Waals surface area contributed by atoms with Crippen LogP contribution in [0.25, 0.3) is 0 Å². The number of carbonyl (C=O) groups is 1. The van der Waals surface area contributed by atoms with Gasteiger partial charge in [0.05, 0.1) is 18.7 Å². The van der Waals surface area contributed by atoms with E-state index in [1.54, 1.807) is 23.9 Å². The number of hydrogen-bond acceptors (Lipinski definition) is 5. The number of thioether (sulfide) groups is 1. The molecule has 0 aliphatic rings. The molecular formula is C12H14N2O2S. The van der Waals surface area contributed by atoms with Crippen molar-refractivity contribution in [3.8, 4) is 6.07 Å². The van der Waals surface area contributed by atoms with Crippen LogP contribution in [0.3, 0.4) is 0 Å². The number of nitriles is 1. The molecule has 1 atom stereocenters. The summed E-state index contributed by atoms with van der Waals surface area (Å²) in [6.07, 6.45) is 0. The average molecular weight is 250 g/mol. The summed E-state index contributed by atoms with van der Waals surface area (Å²) in [6, 6.07) is 8.83. The highest BCUT2D eigenvalue weighted by molar-refractivity contribution is 7.98. The maximum atomic E-state index is 11.0. The molecule has 0 heterocycles. The molecule has 5 heteroatoms. The monoisotopic (exact) mass is 250 g/mol. The van der Waals surface area contributed by atoms with Crippen molar-refractivity contribution < 1.29 is 9.53 Å². The van der Waals surface area contributed by atoms with Crippen molar-refractivity contribution in [2.45, 2.75) is 11.8 Å². The zero-order valence-corrected chi connectivity index (χ0v) is 10.4. The van der Waals surface area contributed by atoms with Gasteiger partial charge < -0.3 is 10.5 Å². The largest absolute Gasteiger partial charge is 0.468 e. The first-order valence-corrected chi connectivity index (χ1v) is 6.23. The van der Waals surface area contributed by atoms with E-state index < -0.39 is 12.0 Å². The Kier molecular flexibility index (Phi) is 5.53. The molecule has 0 radical (unpaired) electrons. The van der Waals surface area contributed by atoms with Crippen LogP contribution in [0.5, 0.6) is 0 Å². The van der Waals surface area contributed by atoms with E-state index in [2.05, 4.69) is 10.8 Å². The van der Waals surface area contributed by atoms with Gasteiger partial charge in [-0.15, -0.1) is 0 Å². The lowest BCUT2D eigenvalue weighted by Crippen LogP contribution is -2.33. The van der Waals surface area contributed by atoms with Crippen LogP contribution in [-0.4, -0.2) is 24.9 Å². The van der Waals surface area contributed by atoms with Crippen molar-refractivity contribution in [3.63, 3.8) is 0 Å². The number of nitrogens with two attached hydrogens (primary N) is 1. The molecule has 1 rings (SSSR count). The Morgan fingerprint density at radius 1 is 1.53 bits per heavy atom. The van der Waals surface area contributed by atoms with Crippen LogP contribution >= 0.6 is 11.8 Å². The molecule has 2 N–H and O–H groups in total. The maximum absolute atomic E-state index is 11.0. The van der Waals surface area contributed by atoms with Crippen LogP contribution in [0.15, 0.2) is 24.3 Å². The SMILES string of the molecule is COC(=O)C(N)CSCc1ccc(C#N)cc1. The molecule has 1 aromatic rings. The molecule has 0 aromatic heterocycles. The summed E-state index contributed by atoms with van der Waals surface area (Å²) >= 11 is 1.56. The van der Waals surface area contributed by atoms with Gasteiger partial charge in [-0.05, 0) is 17.7 Å². The molecule has 1 aromatic carbocycles. The molecule has 0 spiro atoms. The van der Waals surface area contributed by atoms with E-state index in [1.165, 1.54) is 7.11 Å². The highest BCUT2D eigenvalue weighted by atomic mass is 32.2. The van der Waals surface area contributed by atoms with Crippen molar-refractivity contribution in [3.05, 3.63) is 35.4 Å². The molecule has 0 amide bonds. The fraction of sp³-hybridized carbons (Fsp3) is 0.333. The summed E-state index contributed by atoms with van der Waals surface area (Å²) < 4.78 is 4.53. The summed E-state index contributed by atoms with van der Waals surface area (Å²) in [6.45, 7) is 0. The first-order valence-electron chi connectivity index (χ1n) is 5.07. The van der Waals surface area contributed by atoms with E-state index in [0.717, 1.165) is 11.3 Å². The van der Waals surface area contributed by atoms with Crippen molar-refractivity contribution in [2.24, 2.45) is 5.73 Å². The molecule has 4 nitrogen and oxygen atoms in total. The van der Waals surface area contributed by atoms with E-state index in [-0.39, 0.29) is 0 Å². The predicted octanol–water partition coefficient (Wildman–Crippen LogP) is 1.29. The number of rotatable bonds is 5. The minimum atomic E-state index is -0.580. The minimum absolute atomic E-state index is 0.391. The Hall–Kier alpha value is -1.51. The Balaban J connectivity index is 2.36. The van der Waals surface area contributed by atoms with Gasteiger partial charge in [-0.3, -0.25) is 4.79 Å². The fourth-order valence-electron chi connectivity index (χ4n) is 1.20. The van der Waals surface area contributed by atoms with Gasteiger partial charge in [-0.1, -0.05) is 12.1 Å². The molecule has 90 valence electrons. The van der Waals surface area contributed by atoms with Gasteiger partial charge in [0, 0.05) is 11.5 Å². The zero-order chi connectivity index (χ0) is 12.7. The molecule has 17 heavy (non-hydrogen) atoms. The summed E-state index contributed by atoms with van der Waals surface area (Å²) in [4.78, 5) is 11.0. The lowest BCUT2D eigenvalue weighted by molar-refractivity contribution is -0.141. The summed E-state index contributed by atoms with van der Waals surface area (Å²) in [5.41, 5.74) is 7.35. The smallest absolute Gasteiger partial charge is 0.323 e. The summed E-state index contributed by atoms with van der Waals surface area (Å²) in [7, 11) is 1.33. The molecule has 0 aliphatic heterocycles. The molecular weight excluding hydrogens is 236 g/mol. The molecule has 0 aliphatic carbocycles. The van der Waals surface area contributed by atoms with Gasteiger partial charge >= 0.3 is 5.97 Å². The van der Waals surface area contributed by atoms with Crippen molar-refractivity contribution in [1.82, 2.24) is 0 Å². The number of benzene rings is 1. The van der Waals surface area contributed by atoms with Crippen LogP contribution in [0, 0.1) is 11.3 Å². The summed E-state index contributed by atoms with van der Waals surface area (Å²) in [5.74, 6) is 0.889. The Morgan fingerprint density at radius 3 is 2.71 bits per heavy atom. The quantitative estimate of drug-likeness (QED) is 0.797. The topological polar surface area (TPSA) is 76.1 Å². The first kappa shape index (κ1) is 13.6. The predicted molar refractivity (Wildman–Crippen MR) is 67.3 cm³/mol. The zero-order valence-electron chi connectivity index (χ0n) is 9.55. The van der Waals surface area contributed by atoms with Crippen LogP contribution < -0.4 is 5.73 Å². The van der Waals surface area contributed by atoms with E-state index in [1.807, 2.05) is 12.1 Å². The highest BCUT2D eigenvalue weighted by Gasteiger charge is 2.12. The average Bonchev–Trinajstić information content (AvgIpc) is 2.38. The van der Waals surface area contributed by atoms with Crippen molar-refractivity contribution in [2.75, 3.05) is 12.9 Å². The standard InChI is InChI=1S/C12H14N2O2S/c1-16-12(15)11(14)8-17-7-10-4-2-9(6-13)3-5-10/h2-5,11H,7-8,14H2,1H3. The van der Waals surface area contributed by atoms with Gasteiger partial charge in [-0.2, -0.15) is 17.0 Å². The molecule has 0 fully saturated rings. The van der Waals surface area contributed by atoms with E-state index in [9.17, 15) is 4.79 Å². The molecule has 0 saturated carbocycles. The third-order valence-corrected chi connectivity index (χ3v) is 3.29. The minimum Gasteiger partial charge on any atom is -0.468 e. The third-order valence-electron chi connectivity index (χ3n) is 2.15. The second-order valence-corrected chi connectivity index (χ2v) is 4.48. The Bertz CT molecular complexity index is 412. The second kappa shape index (κ2) is 6.94. The number of methoxy groups -OCH3 is 1. The Labute approximate surface area is 105 Å². The van der Waals surface area contributed by atoms with Crippen molar-refractivity contribution in [1.29, 1.82) is 5.26 Å². The maximum Gasteiger partial charge on any atom is 0.323 e. The number of esters is 1. The number of nitrogens with zero attached hydrogens (tertiary/aromatic N) is 1. The van der Waals surface area contributed by atoms with Gasteiger partial charge in [0.15, 0.2) is 0 Å². The lowest BCUT2D eigenvalue weighted by Gasteiger charge is -2.08.